The van der Waals surface area contributed by atoms with E-state index < -0.39 is 5.91 Å². The van der Waals surface area contributed by atoms with E-state index in [0.29, 0.717) is 29.6 Å². The lowest BCUT2D eigenvalue weighted by Crippen LogP contribution is -2.09. The minimum absolute atomic E-state index is 0.0683. The van der Waals surface area contributed by atoms with Gasteiger partial charge in [-0.25, -0.2) is 0 Å². The molecule has 3 aromatic heterocycles. The van der Waals surface area contributed by atoms with Gasteiger partial charge in [-0.1, -0.05) is 5.92 Å². The van der Waals surface area contributed by atoms with Gasteiger partial charge in [-0.3, -0.25) is 14.6 Å². The zero-order valence-corrected chi connectivity index (χ0v) is 12.0. The number of H-pyrrole nitrogens is 2. The summed E-state index contributed by atoms with van der Waals surface area (Å²) in [5.74, 6) is 5.62. The summed E-state index contributed by atoms with van der Waals surface area (Å²) in [6.45, 7) is 0. The largest absolute Gasteiger partial charge is 0.443 e. The van der Waals surface area contributed by atoms with Crippen LogP contribution in [0.3, 0.4) is 0 Å². The summed E-state index contributed by atoms with van der Waals surface area (Å²) in [6.07, 6.45) is 1.14. The van der Waals surface area contributed by atoms with Crippen LogP contribution in [0.25, 0.3) is 11.0 Å². The highest BCUT2D eigenvalue weighted by atomic mass is 16.3. The first kappa shape index (κ1) is 14.5. The zero-order chi connectivity index (χ0) is 16.4. The Hall–Kier alpha value is -3.47. The highest BCUT2D eigenvalue weighted by Crippen LogP contribution is 2.11. The molecule has 116 valence electrons. The van der Waals surface area contributed by atoms with E-state index in [9.17, 15) is 9.59 Å². The molecule has 3 rings (SSSR count). The molecule has 0 spiro atoms. The summed E-state index contributed by atoms with van der Waals surface area (Å²) in [6, 6.07) is 4.79. The number of nitrogen functional groups attached to an aromatic ring is 1. The predicted octanol–water partition coefficient (Wildman–Crippen LogP) is 0.510. The van der Waals surface area contributed by atoms with Crippen molar-refractivity contribution in [3.05, 3.63) is 45.8 Å². The number of aromatic amines is 2. The van der Waals surface area contributed by atoms with Crippen LogP contribution in [-0.4, -0.2) is 20.9 Å². The van der Waals surface area contributed by atoms with Crippen molar-refractivity contribution in [2.45, 2.75) is 12.8 Å². The number of carbonyl (C=O) groups is 1. The molecule has 0 saturated carbocycles. The summed E-state index contributed by atoms with van der Waals surface area (Å²) in [5, 5.41) is 0.458. The van der Waals surface area contributed by atoms with Gasteiger partial charge in [0.15, 0.2) is 11.5 Å². The lowest BCUT2D eigenvalue weighted by molar-refractivity contribution is 0.0973. The monoisotopic (exact) mass is 311 g/mol. The number of furan rings is 1. The Morgan fingerprint density at radius 3 is 2.91 bits per heavy atom. The molecule has 3 heterocycles. The molecule has 8 heteroatoms. The first-order valence-electron chi connectivity index (χ1n) is 6.79. The summed E-state index contributed by atoms with van der Waals surface area (Å²) in [5.41, 5.74) is 11.6. The molecular weight excluding hydrogens is 298 g/mol. The maximum Gasteiger partial charge on any atom is 0.284 e. The molecule has 0 fully saturated rings. The molecule has 0 aliphatic heterocycles. The smallest absolute Gasteiger partial charge is 0.284 e. The average Bonchev–Trinajstić information content (AvgIpc) is 3.10. The molecule has 0 aliphatic rings. The lowest BCUT2D eigenvalue weighted by atomic mass is 10.2. The maximum atomic E-state index is 11.7. The standard InChI is InChI=1S/C15H13N5O3/c16-12(21)11-6-5-9(23-11)4-2-1-3-8-7-10-13(18-8)19-15(17)20-14(10)22/h5-7H,1,3H2,(H2,16,21)(H4,17,18,19,20,22). The van der Waals surface area contributed by atoms with Gasteiger partial charge < -0.3 is 20.9 Å². The number of aryl methyl sites for hydroxylation is 1. The number of rotatable bonds is 3. The average molecular weight is 311 g/mol. The number of carbonyl (C=O) groups excluding carboxylic acids is 1. The van der Waals surface area contributed by atoms with Gasteiger partial charge in [-0.2, -0.15) is 4.98 Å². The fourth-order valence-corrected chi connectivity index (χ4v) is 2.11. The van der Waals surface area contributed by atoms with Crippen LogP contribution in [-0.2, 0) is 6.42 Å². The summed E-state index contributed by atoms with van der Waals surface area (Å²) in [7, 11) is 0. The number of nitrogens with zero attached hydrogens (tertiary/aromatic N) is 1. The van der Waals surface area contributed by atoms with Crippen molar-refractivity contribution >= 4 is 22.9 Å². The van der Waals surface area contributed by atoms with Crippen molar-refractivity contribution in [3.8, 4) is 11.8 Å². The van der Waals surface area contributed by atoms with Crippen LogP contribution in [0.1, 0.15) is 28.4 Å². The summed E-state index contributed by atoms with van der Waals surface area (Å²) >= 11 is 0. The van der Waals surface area contributed by atoms with Crippen molar-refractivity contribution < 1.29 is 9.21 Å². The minimum Gasteiger partial charge on any atom is -0.443 e. The molecule has 6 N–H and O–H groups in total. The fraction of sp³-hybridized carbons (Fsp3) is 0.133. The Morgan fingerprint density at radius 1 is 1.35 bits per heavy atom. The molecule has 8 nitrogen and oxygen atoms in total. The third kappa shape index (κ3) is 3.08. The molecule has 0 bridgehead atoms. The van der Waals surface area contributed by atoms with Gasteiger partial charge in [-0.15, -0.1) is 0 Å². The van der Waals surface area contributed by atoms with E-state index in [0.717, 1.165) is 5.69 Å². The fourth-order valence-electron chi connectivity index (χ4n) is 2.11. The summed E-state index contributed by atoms with van der Waals surface area (Å²) < 4.78 is 5.15. The highest BCUT2D eigenvalue weighted by Gasteiger charge is 2.07. The van der Waals surface area contributed by atoms with E-state index in [2.05, 4.69) is 26.8 Å². The zero-order valence-electron chi connectivity index (χ0n) is 12.0. The highest BCUT2D eigenvalue weighted by molar-refractivity contribution is 5.89. The Morgan fingerprint density at radius 2 is 2.17 bits per heavy atom. The normalized spacial score (nSPS) is 10.4. The Balaban J connectivity index is 1.69. The van der Waals surface area contributed by atoms with Crippen molar-refractivity contribution in [3.63, 3.8) is 0 Å². The minimum atomic E-state index is -0.631. The van der Waals surface area contributed by atoms with Crippen molar-refractivity contribution in [2.75, 3.05) is 5.73 Å². The SMILES string of the molecule is NC(=O)c1ccc(C#CCCc2cc3c(=O)[nH]c(N)nc3[nH]2)o1. The number of primary amides is 1. The Kier molecular flexibility index (Phi) is 3.60. The van der Waals surface area contributed by atoms with Crippen LogP contribution in [0.15, 0.2) is 27.4 Å². The third-order valence-electron chi connectivity index (χ3n) is 3.15. The van der Waals surface area contributed by atoms with Gasteiger partial charge in [-0.05, 0) is 30.5 Å². The Bertz CT molecular complexity index is 999. The molecule has 0 radical (unpaired) electrons. The van der Waals surface area contributed by atoms with Crippen LogP contribution in [0.2, 0.25) is 0 Å². The van der Waals surface area contributed by atoms with E-state index >= 15 is 0 Å². The Labute approximate surface area is 129 Å². The summed E-state index contributed by atoms with van der Waals surface area (Å²) in [4.78, 5) is 32.1. The van der Waals surface area contributed by atoms with E-state index in [-0.39, 0.29) is 17.3 Å². The molecule has 0 unspecified atom stereocenters. The van der Waals surface area contributed by atoms with Crippen LogP contribution in [0, 0.1) is 11.8 Å². The van der Waals surface area contributed by atoms with Crippen LogP contribution < -0.4 is 17.0 Å². The van der Waals surface area contributed by atoms with E-state index in [1.54, 1.807) is 12.1 Å². The van der Waals surface area contributed by atoms with E-state index in [1.807, 2.05) is 0 Å². The first-order chi connectivity index (χ1) is 11.0. The maximum absolute atomic E-state index is 11.7. The van der Waals surface area contributed by atoms with Crippen molar-refractivity contribution in [2.24, 2.45) is 5.73 Å². The topological polar surface area (TPSA) is 144 Å². The lowest BCUT2D eigenvalue weighted by Gasteiger charge is -1.91. The van der Waals surface area contributed by atoms with Crippen molar-refractivity contribution in [1.82, 2.24) is 15.0 Å². The molecule has 1 amide bonds. The molecular formula is C15H13N5O3. The number of amides is 1. The number of nitrogens with one attached hydrogen (secondary N) is 2. The van der Waals surface area contributed by atoms with Gasteiger partial charge in [0.1, 0.15) is 5.65 Å². The van der Waals surface area contributed by atoms with E-state index in [4.69, 9.17) is 15.9 Å². The third-order valence-corrected chi connectivity index (χ3v) is 3.15. The van der Waals surface area contributed by atoms with Gasteiger partial charge in [0.25, 0.3) is 11.5 Å². The second-order valence-electron chi connectivity index (χ2n) is 4.84. The molecule has 3 aromatic rings. The van der Waals surface area contributed by atoms with Crippen LogP contribution in [0.5, 0.6) is 0 Å². The number of hydrogen-bond donors (Lipinski definition) is 4. The number of fused-ring (bicyclic) bond motifs is 1. The van der Waals surface area contributed by atoms with Crippen LogP contribution >= 0.6 is 0 Å². The molecule has 23 heavy (non-hydrogen) atoms. The van der Waals surface area contributed by atoms with Crippen molar-refractivity contribution in [1.29, 1.82) is 0 Å². The van der Waals surface area contributed by atoms with Crippen LogP contribution in [0.4, 0.5) is 5.95 Å². The first-order valence-corrected chi connectivity index (χ1v) is 6.79. The molecule has 0 saturated heterocycles. The number of nitrogens with two attached hydrogens (primary N) is 2. The quantitative estimate of drug-likeness (QED) is 0.521. The van der Waals surface area contributed by atoms with Gasteiger partial charge in [0, 0.05) is 12.1 Å². The van der Waals surface area contributed by atoms with Gasteiger partial charge >= 0.3 is 0 Å². The second-order valence-corrected chi connectivity index (χ2v) is 4.84. The molecule has 0 atom stereocenters. The number of aromatic nitrogens is 3. The molecule has 0 aliphatic carbocycles. The predicted molar refractivity (Wildman–Crippen MR) is 83.6 cm³/mol. The second kappa shape index (κ2) is 5.73. The van der Waals surface area contributed by atoms with Gasteiger partial charge in [0.05, 0.1) is 5.39 Å². The van der Waals surface area contributed by atoms with Gasteiger partial charge in [0.2, 0.25) is 5.95 Å². The molecule has 0 aromatic carbocycles. The van der Waals surface area contributed by atoms with E-state index in [1.165, 1.54) is 6.07 Å². The number of anilines is 1. The number of hydrogen-bond acceptors (Lipinski definition) is 5.